The highest BCUT2D eigenvalue weighted by Gasteiger charge is 2.15. The third kappa shape index (κ3) is 2.79. The molecule has 0 spiro atoms. The minimum absolute atomic E-state index is 0.220. The normalized spacial score (nSPS) is 12.6. The van der Waals surface area contributed by atoms with Gasteiger partial charge >= 0.3 is 0 Å². The molecule has 0 fully saturated rings. The van der Waals surface area contributed by atoms with E-state index in [1.807, 2.05) is 17.9 Å². The minimum Gasteiger partial charge on any atom is -0.305 e. The summed E-state index contributed by atoms with van der Waals surface area (Å²) in [6, 6.07) is 11.0. The Morgan fingerprint density at radius 1 is 1.22 bits per heavy atom. The van der Waals surface area contributed by atoms with Crippen molar-refractivity contribution in [1.82, 2.24) is 15.1 Å². The highest BCUT2D eigenvalue weighted by atomic mass is 15.3. The Morgan fingerprint density at radius 3 is 2.50 bits per heavy atom. The zero-order chi connectivity index (χ0) is 13.0. The number of nitrogens with zero attached hydrogens (tertiary/aromatic N) is 2. The van der Waals surface area contributed by atoms with Crippen molar-refractivity contribution in [1.29, 1.82) is 0 Å². The molecule has 0 saturated heterocycles. The van der Waals surface area contributed by atoms with E-state index in [0.717, 1.165) is 13.0 Å². The third-order valence-electron chi connectivity index (χ3n) is 3.16. The molecule has 1 unspecified atom stereocenters. The number of nitrogens with one attached hydrogen (secondary N) is 1. The molecule has 0 amide bonds. The van der Waals surface area contributed by atoms with E-state index in [4.69, 9.17) is 0 Å². The van der Waals surface area contributed by atoms with Crippen molar-refractivity contribution in [3.05, 3.63) is 53.3 Å². The van der Waals surface area contributed by atoms with Gasteiger partial charge in [0.15, 0.2) is 0 Å². The van der Waals surface area contributed by atoms with Crippen molar-refractivity contribution < 1.29 is 0 Å². The van der Waals surface area contributed by atoms with Crippen molar-refractivity contribution in [3.8, 4) is 0 Å². The number of hydrogen-bond acceptors (Lipinski definition) is 2. The van der Waals surface area contributed by atoms with Crippen LogP contribution in [-0.2, 0) is 7.05 Å². The van der Waals surface area contributed by atoms with E-state index in [2.05, 4.69) is 54.6 Å². The first-order valence-corrected chi connectivity index (χ1v) is 6.50. The Labute approximate surface area is 109 Å². The summed E-state index contributed by atoms with van der Waals surface area (Å²) in [5, 5.41) is 7.85. The fourth-order valence-corrected chi connectivity index (χ4v) is 2.11. The van der Waals surface area contributed by atoms with Crippen molar-refractivity contribution in [2.45, 2.75) is 26.3 Å². The Bertz CT molecular complexity index is 485. The second-order valence-electron chi connectivity index (χ2n) is 4.68. The summed E-state index contributed by atoms with van der Waals surface area (Å²) in [5.74, 6) is 0. The summed E-state index contributed by atoms with van der Waals surface area (Å²) in [4.78, 5) is 0. The molecular weight excluding hydrogens is 222 g/mol. The van der Waals surface area contributed by atoms with Crippen molar-refractivity contribution in [3.63, 3.8) is 0 Å². The maximum Gasteiger partial charge on any atom is 0.0748 e. The van der Waals surface area contributed by atoms with Crippen LogP contribution in [0.4, 0.5) is 0 Å². The molecule has 96 valence electrons. The molecule has 0 aliphatic heterocycles. The molecule has 1 heterocycles. The summed E-state index contributed by atoms with van der Waals surface area (Å²) < 4.78 is 1.94. The second kappa shape index (κ2) is 5.83. The van der Waals surface area contributed by atoms with Gasteiger partial charge in [-0.15, -0.1) is 0 Å². The number of aromatic nitrogens is 2. The van der Waals surface area contributed by atoms with Crippen molar-refractivity contribution in [2.24, 2.45) is 7.05 Å². The first-order chi connectivity index (χ1) is 8.72. The zero-order valence-corrected chi connectivity index (χ0v) is 11.4. The Hall–Kier alpha value is -1.61. The van der Waals surface area contributed by atoms with Crippen LogP contribution in [0.5, 0.6) is 0 Å². The van der Waals surface area contributed by atoms with E-state index >= 15 is 0 Å². The van der Waals surface area contributed by atoms with Gasteiger partial charge in [0.25, 0.3) is 0 Å². The van der Waals surface area contributed by atoms with Gasteiger partial charge < -0.3 is 5.32 Å². The Balaban J connectivity index is 2.30. The second-order valence-corrected chi connectivity index (χ2v) is 4.68. The van der Waals surface area contributed by atoms with E-state index in [0.29, 0.717) is 0 Å². The molecule has 1 aromatic carbocycles. The van der Waals surface area contributed by atoms with E-state index in [1.54, 1.807) is 0 Å². The minimum atomic E-state index is 0.220. The molecule has 2 aromatic rings. The maximum absolute atomic E-state index is 4.27. The quantitative estimate of drug-likeness (QED) is 0.875. The molecule has 0 bridgehead atoms. The van der Waals surface area contributed by atoms with Crippen LogP contribution in [0.15, 0.2) is 36.5 Å². The molecular formula is C15H21N3. The lowest BCUT2D eigenvalue weighted by atomic mass is 10.0. The smallest absolute Gasteiger partial charge is 0.0748 e. The molecule has 0 saturated carbocycles. The van der Waals surface area contributed by atoms with Crippen LogP contribution in [0.3, 0.4) is 0 Å². The van der Waals surface area contributed by atoms with Gasteiger partial charge in [0, 0.05) is 13.2 Å². The van der Waals surface area contributed by atoms with E-state index < -0.39 is 0 Å². The Morgan fingerprint density at radius 2 is 1.94 bits per heavy atom. The van der Waals surface area contributed by atoms with Gasteiger partial charge in [0.1, 0.15) is 0 Å². The average Bonchev–Trinajstić information content (AvgIpc) is 2.78. The lowest BCUT2D eigenvalue weighted by molar-refractivity contribution is 0.553. The predicted molar refractivity (Wildman–Crippen MR) is 74.5 cm³/mol. The monoisotopic (exact) mass is 243 g/mol. The van der Waals surface area contributed by atoms with Crippen LogP contribution in [0.25, 0.3) is 0 Å². The van der Waals surface area contributed by atoms with Crippen molar-refractivity contribution >= 4 is 0 Å². The van der Waals surface area contributed by atoms with E-state index in [1.165, 1.54) is 16.8 Å². The lowest BCUT2D eigenvalue weighted by Gasteiger charge is -2.19. The van der Waals surface area contributed by atoms with Gasteiger partial charge in [-0.3, -0.25) is 4.68 Å². The van der Waals surface area contributed by atoms with Crippen LogP contribution in [-0.4, -0.2) is 16.3 Å². The average molecular weight is 243 g/mol. The fourth-order valence-electron chi connectivity index (χ4n) is 2.11. The van der Waals surface area contributed by atoms with Crippen LogP contribution in [0.2, 0.25) is 0 Å². The van der Waals surface area contributed by atoms with Gasteiger partial charge in [0.05, 0.1) is 11.7 Å². The maximum atomic E-state index is 4.27. The van der Waals surface area contributed by atoms with Gasteiger partial charge in [-0.05, 0) is 31.5 Å². The standard InChI is InChI=1S/C15H21N3/c1-4-10-16-15(14-9-11-17-18(14)3)13-7-5-12(2)6-8-13/h5-9,11,15-16H,4,10H2,1-3H3. The number of benzene rings is 1. The highest BCUT2D eigenvalue weighted by molar-refractivity contribution is 5.30. The molecule has 0 aliphatic carbocycles. The highest BCUT2D eigenvalue weighted by Crippen LogP contribution is 2.21. The molecule has 18 heavy (non-hydrogen) atoms. The molecule has 1 N–H and O–H groups in total. The summed E-state index contributed by atoms with van der Waals surface area (Å²) in [6.45, 7) is 5.30. The van der Waals surface area contributed by atoms with Gasteiger partial charge in [0.2, 0.25) is 0 Å². The summed E-state index contributed by atoms with van der Waals surface area (Å²) in [6.07, 6.45) is 2.98. The molecule has 0 radical (unpaired) electrons. The van der Waals surface area contributed by atoms with Crippen LogP contribution < -0.4 is 5.32 Å². The molecule has 2 rings (SSSR count). The summed E-state index contributed by atoms with van der Waals surface area (Å²) in [7, 11) is 1.99. The number of rotatable bonds is 5. The van der Waals surface area contributed by atoms with Crippen molar-refractivity contribution in [2.75, 3.05) is 6.54 Å². The molecule has 3 heteroatoms. The molecule has 3 nitrogen and oxygen atoms in total. The molecule has 1 atom stereocenters. The first-order valence-electron chi connectivity index (χ1n) is 6.50. The van der Waals surface area contributed by atoms with Crippen LogP contribution >= 0.6 is 0 Å². The summed E-state index contributed by atoms with van der Waals surface area (Å²) >= 11 is 0. The zero-order valence-electron chi connectivity index (χ0n) is 11.4. The van der Waals surface area contributed by atoms with E-state index in [9.17, 15) is 0 Å². The molecule has 1 aromatic heterocycles. The largest absolute Gasteiger partial charge is 0.305 e. The number of aryl methyl sites for hydroxylation is 2. The SMILES string of the molecule is CCCNC(c1ccc(C)cc1)c1ccnn1C. The lowest BCUT2D eigenvalue weighted by Crippen LogP contribution is -2.25. The van der Waals surface area contributed by atoms with Crippen LogP contribution in [0, 0.1) is 6.92 Å². The topological polar surface area (TPSA) is 29.9 Å². The first kappa shape index (κ1) is 12.8. The van der Waals surface area contributed by atoms with Gasteiger partial charge in [-0.2, -0.15) is 5.10 Å². The van der Waals surface area contributed by atoms with Gasteiger partial charge in [-0.1, -0.05) is 36.8 Å². The number of hydrogen-bond donors (Lipinski definition) is 1. The van der Waals surface area contributed by atoms with Gasteiger partial charge in [-0.25, -0.2) is 0 Å². The third-order valence-corrected chi connectivity index (χ3v) is 3.16. The fraction of sp³-hybridized carbons (Fsp3) is 0.400. The predicted octanol–water partition coefficient (Wildman–Crippen LogP) is 2.82. The van der Waals surface area contributed by atoms with E-state index in [-0.39, 0.29) is 6.04 Å². The summed E-state index contributed by atoms with van der Waals surface area (Å²) in [5.41, 5.74) is 3.78. The molecule has 0 aliphatic rings. The van der Waals surface area contributed by atoms with Crippen LogP contribution in [0.1, 0.15) is 36.2 Å². The Kier molecular flexibility index (Phi) is 4.15.